The van der Waals surface area contributed by atoms with Crippen LogP contribution in [0, 0.1) is 0 Å². The Balaban J connectivity index is 2.36. The van der Waals surface area contributed by atoms with E-state index in [1.807, 2.05) is 6.07 Å². The summed E-state index contributed by atoms with van der Waals surface area (Å²) in [7, 11) is 0. The first-order chi connectivity index (χ1) is 7.22. The lowest BCUT2D eigenvalue weighted by Crippen LogP contribution is -2.19. The van der Waals surface area contributed by atoms with Gasteiger partial charge in [0.2, 0.25) is 0 Å². The van der Waals surface area contributed by atoms with Crippen molar-refractivity contribution in [1.29, 1.82) is 0 Å². The molecular weight excluding hydrogens is 197 g/mol. The number of alkyl halides is 1. The molecular formula is C11H14FNO2. The highest BCUT2D eigenvalue weighted by Crippen LogP contribution is 2.09. The van der Waals surface area contributed by atoms with Gasteiger partial charge in [0.1, 0.15) is 0 Å². The van der Waals surface area contributed by atoms with E-state index < -0.39 is 12.3 Å². The molecule has 1 atom stereocenters. The Bertz CT molecular complexity index is 303. The molecule has 0 saturated carbocycles. The smallest absolute Gasteiger partial charge is 0.310 e. The molecule has 1 aromatic carbocycles. The van der Waals surface area contributed by atoms with Crippen LogP contribution in [-0.2, 0) is 9.53 Å². The molecule has 0 radical (unpaired) electrons. The lowest BCUT2D eigenvalue weighted by atomic mass is 10.3. The summed E-state index contributed by atoms with van der Waals surface area (Å²) in [5.74, 6) is -0.534. The molecule has 0 spiro atoms. The zero-order chi connectivity index (χ0) is 11.1. The number of ether oxygens (including phenoxy) is 1. The van der Waals surface area contributed by atoms with Crippen LogP contribution in [0.2, 0.25) is 0 Å². The van der Waals surface area contributed by atoms with Crippen molar-refractivity contribution in [3.63, 3.8) is 0 Å². The first-order valence-electron chi connectivity index (χ1n) is 4.83. The van der Waals surface area contributed by atoms with Gasteiger partial charge in [0, 0.05) is 5.69 Å². The van der Waals surface area contributed by atoms with E-state index in [2.05, 4.69) is 10.1 Å². The van der Waals surface area contributed by atoms with Crippen molar-refractivity contribution < 1.29 is 13.9 Å². The van der Waals surface area contributed by atoms with E-state index in [0.29, 0.717) is 5.69 Å². The zero-order valence-electron chi connectivity index (χ0n) is 8.57. The topological polar surface area (TPSA) is 38.3 Å². The molecule has 0 bridgehead atoms. The number of hydrogen-bond acceptors (Lipinski definition) is 3. The molecule has 4 heteroatoms. The minimum Gasteiger partial charge on any atom is -0.466 e. The highest BCUT2D eigenvalue weighted by Gasteiger charge is 2.12. The van der Waals surface area contributed by atoms with Crippen LogP contribution in [0.25, 0.3) is 0 Å². The molecule has 0 aliphatic heterocycles. The minimum atomic E-state index is -1.41. The van der Waals surface area contributed by atoms with Gasteiger partial charge in [-0.25, -0.2) is 4.39 Å². The Morgan fingerprint density at radius 2 is 2.13 bits per heavy atom. The second-order valence-corrected chi connectivity index (χ2v) is 2.99. The maximum absolute atomic E-state index is 13.3. The molecule has 1 unspecified atom stereocenters. The third-order valence-corrected chi connectivity index (χ3v) is 1.75. The van der Waals surface area contributed by atoms with Crippen molar-refractivity contribution in [1.82, 2.24) is 0 Å². The van der Waals surface area contributed by atoms with Crippen LogP contribution in [0.5, 0.6) is 0 Å². The molecule has 0 aliphatic rings. The number of hydrogen-bond donors (Lipinski definition) is 1. The number of rotatable bonds is 5. The average Bonchev–Trinajstić information content (AvgIpc) is 2.19. The van der Waals surface area contributed by atoms with Crippen molar-refractivity contribution in [2.75, 3.05) is 11.9 Å². The van der Waals surface area contributed by atoms with E-state index in [4.69, 9.17) is 0 Å². The summed E-state index contributed by atoms with van der Waals surface area (Å²) in [5.41, 5.74) is 0.647. The van der Waals surface area contributed by atoms with Crippen LogP contribution in [-0.4, -0.2) is 18.9 Å². The fourth-order valence-corrected chi connectivity index (χ4v) is 1.13. The zero-order valence-corrected chi connectivity index (χ0v) is 8.57. The predicted octanol–water partition coefficient (Wildman–Crippen LogP) is 2.35. The summed E-state index contributed by atoms with van der Waals surface area (Å²) in [4.78, 5) is 10.9. The van der Waals surface area contributed by atoms with Gasteiger partial charge in [-0.2, -0.15) is 0 Å². The predicted molar refractivity (Wildman–Crippen MR) is 56.2 cm³/mol. The molecule has 0 amide bonds. The normalized spacial score (nSPS) is 11.9. The SMILES string of the molecule is CCOC(=O)CC(F)Nc1ccccc1. The van der Waals surface area contributed by atoms with Gasteiger partial charge in [-0.15, -0.1) is 0 Å². The van der Waals surface area contributed by atoms with E-state index in [-0.39, 0.29) is 13.0 Å². The van der Waals surface area contributed by atoms with E-state index in [9.17, 15) is 9.18 Å². The van der Waals surface area contributed by atoms with Gasteiger partial charge in [0.15, 0.2) is 6.30 Å². The van der Waals surface area contributed by atoms with Gasteiger partial charge >= 0.3 is 5.97 Å². The van der Waals surface area contributed by atoms with Crippen LogP contribution in [0.1, 0.15) is 13.3 Å². The number of esters is 1. The highest BCUT2D eigenvalue weighted by molar-refractivity contribution is 5.70. The van der Waals surface area contributed by atoms with Crippen molar-refractivity contribution in [2.45, 2.75) is 19.6 Å². The van der Waals surface area contributed by atoms with Crippen molar-refractivity contribution >= 4 is 11.7 Å². The van der Waals surface area contributed by atoms with Crippen LogP contribution in [0.3, 0.4) is 0 Å². The van der Waals surface area contributed by atoms with Crippen LogP contribution >= 0.6 is 0 Å². The number of carbonyl (C=O) groups excluding carboxylic acids is 1. The van der Waals surface area contributed by atoms with Crippen molar-refractivity contribution in [3.8, 4) is 0 Å². The molecule has 3 nitrogen and oxygen atoms in total. The molecule has 1 aromatic rings. The molecule has 0 heterocycles. The van der Waals surface area contributed by atoms with Crippen molar-refractivity contribution in [3.05, 3.63) is 30.3 Å². The number of carbonyl (C=O) groups is 1. The monoisotopic (exact) mass is 211 g/mol. The van der Waals surface area contributed by atoms with Gasteiger partial charge in [-0.1, -0.05) is 18.2 Å². The number of nitrogens with one attached hydrogen (secondary N) is 1. The van der Waals surface area contributed by atoms with Gasteiger partial charge < -0.3 is 10.1 Å². The van der Waals surface area contributed by atoms with E-state index in [1.165, 1.54) is 0 Å². The number of para-hydroxylation sites is 1. The lowest BCUT2D eigenvalue weighted by molar-refractivity contribution is -0.144. The number of halogens is 1. The second-order valence-electron chi connectivity index (χ2n) is 2.99. The second kappa shape index (κ2) is 6.01. The Hall–Kier alpha value is -1.58. The van der Waals surface area contributed by atoms with Gasteiger partial charge in [-0.3, -0.25) is 4.79 Å². The van der Waals surface area contributed by atoms with Crippen LogP contribution in [0.4, 0.5) is 10.1 Å². The Kier molecular flexibility index (Phi) is 4.60. The Labute approximate surface area is 88.2 Å². The highest BCUT2D eigenvalue weighted by atomic mass is 19.1. The Morgan fingerprint density at radius 3 is 2.73 bits per heavy atom. The number of benzene rings is 1. The first kappa shape index (κ1) is 11.5. The van der Waals surface area contributed by atoms with Crippen LogP contribution < -0.4 is 5.32 Å². The summed E-state index contributed by atoms with van der Waals surface area (Å²) >= 11 is 0. The molecule has 1 N–H and O–H groups in total. The van der Waals surface area contributed by atoms with Gasteiger partial charge in [0.05, 0.1) is 13.0 Å². The fourth-order valence-electron chi connectivity index (χ4n) is 1.13. The number of anilines is 1. The molecule has 0 saturated heterocycles. The molecule has 82 valence electrons. The Morgan fingerprint density at radius 1 is 1.47 bits per heavy atom. The van der Waals surface area contributed by atoms with Gasteiger partial charge in [0.25, 0.3) is 0 Å². The molecule has 15 heavy (non-hydrogen) atoms. The summed E-state index contributed by atoms with van der Waals surface area (Å²) < 4.78 is 17.9. The van der Waals surface area contributed by atoms with E-state index in [0.717, 1.165) is 0 Å². The summed E-state index contributed by atoms with van der Waals surface area (Å²) in [6.07, 6.45) is -1.69. The largest absolute Gasteiger partial charge is 0.466 e. The quantitative estimate of drug-likeness (QED) is 0.600. The van der Waals surface area contributed by atoms with Gasteiger partial charge in [-0.05, 0) is 19.1 Å². The lowest BCUT2D eigenvalue weighted by Gasteiger charge is -2.10. The summed E-state index contributed by atoms with van der Waals surface area (Å²) in [6.45, 7) is 1.96. The molecule has 0 fully saturated rings. The fraction of sp³-hybridized carbons (Fsp3) is 0.364. The maximum Gasteiger partial charge on any atom is 0.310 e. The third kappa shape index (κ3) is 4.44. The standard InChI is InChI=1S/C11H14FNO2/c1-2-15-11(14)8-10(12)13-9-6-4-3-5-7-9/h3-7,10,13H,2,8H2,1H3. The average molecular weight is 211 g/mol. The third-order valence-electron chi connectivity index (χ3n) is 1.75. The van der Waals surface area contributed by atoms with E-state index in [1.54, 1.807) is 31.2 Å². The minimum absolute atomic E-state index is 0.275. The maximum atomic E-state index is 13.3. The summed E-state index contributed by atoms with van der Waals surface area (Å²) in [5, 5.41) is 2.56. The molecule has 0 aliphatic carbocycles. The molecule has 1 rings (SSSR count). The van der Waals surface area contributed by atoms with Crippen LogP contribution in [0.15, 0.2) is 30.3 Å². The first-order valence-corrected chi connectivity index (χ1v) is 4.83. The van der Waals surface area contributed by atoms with E-state index >= 15 is 0 Å². The summed E-state index contributed by atoms with van der Waals surface area (Å²) in [6, 6.07) is 8.89. The van der Waals surface area contributed by atoms with Crippen molar-refractivity contribution in [2.24, 2.45) is 0 Å². The molecule has 0 aromatic heterocycles.